The van der Waals surface area contributed by atoms with E-state index in [1.54, 1.807) is 0 Å². The Hall–Kier alpha value is -1.76. The zero-order chi connectivity index (χ0) is 16.1. The fourth-order valence-electron chi connectivity index (χ4n) is 1.64. The standard InChI is InChI=1S/C14H18F3NO3/c1-3-8-18-13(2,12(19)20)9-21-11-7-5-4-6-10(11)14(15,16)17/h4-7,18H,3,8-9H2,1-2H3,(H,19,20). The van der Waals surface area contributed by atoms with Gasteiger partial charge in [0.2, 0.25) is 0 Å². The van der Waals surface area contributed by atoms with Crippen LogP contribution < -0.4 is 10.1 Å². The van der Waals surface area contributed by atoms with Crippen LogP contribution in [0.1, 0.15) is 25.8 Å². The van der Waals surface area contributed by atoms with Gasteiger partial charge in [-0.05, 0) is 32.0 Å². The van der Waals surface area contributed by atoms with Crippen molar-refractivity contribution < 1.29 is 27.8 Å². The van der Waals surface area contributed by atoms with E-state index in [0.717, 1.165) is 6.07 Å². The Balaban J connectivity index is 2.89. The van der Waals surface area contributed by atoms with Crippen LogP contribution in [0.3, 0.4) is 0 Å². The van der Waals surface area contributed by atoms with Gasteiger partial charge in [-0.3, -0.25) is 10.1 Å². The molecule has 0 fully saturated rings. The van der Waals surface area contributed by atoms with Crippen molar-refractivity contribution >= 4 is 5.97 Å². The smallest absolute Gasteiger partial charge is 0.419 e. The van der Waals surface area contributed by atoms with E-state index in [4.69, 9.17) is 4.74 Å². The number of alkyl halides is 3. The summed E-state index contributed by atoms with van der Waals surface area (Å²) in [5.41, 5.74) is -2.37. The van der Waals surface area contributed by atoms with Crippen molar-refractivity contribution in [3.05, 3.63) is 29.8 Å². The molecule has 0 radical (unpaired) electrons. The molecule has 0 aliphatic rings. The molecule has 1 rings (SSSR count). The van der Waals surface area contributed by atoms with Crippen molar-refractivity contribution in [2.75, 3.05) is 13.2 Å². The van der Waals surface area contributed by atoms with Crippen LogP contribution in [-0.4, -0.2) is 29.8 Å². The number of carboxylic acids is 1. The number of rotatable bonds is 7. The van der Waals surface area contributed by atoms with Crippen molar-refractivity contribution in [1.82, 2.24) is 5.32 Å². The van der Waals surface area contributed by atoms with Gasteiger partial charge in [-0.15, -0.1) is 0 Å². The van der Waals surface area contributed by atoms with Crippen LogP contribution in [0.25, 0.3) is 0 Å². The van der Waals surface area contributed by atoms with E-state index in [9.17, 15) is 23.1 Å². The average molecular weight is 305 g/mol. The third-order valence-corrected chi connectivity index (χ3v) is 2.95. The number of benzene rings is 1. The van der Waals surface area contributed by atoms with Crippen LogP contribution in [0.15, 0.2) is 24.3 Å². The Morgan fingerprint density at radius 2 is 1.95 bits per heavy atom. The highest BCUT2D eigenvalue weighted by atomic mass is 19.4. The molecule has 4 nitrogen and oxygen atoms in total. The quantitative estimate of drug-likeness (QED) is 0.813. The fourth-order valence-corrected chi connectivity index (χ4v) is 1.64. The van der Waals surface area contributed by atoms with E-state index < -0.39 is 29.9 Å². The van der Waals surface area contributed by atoms with E-state index in [1.165, 1.54) is 25.1 Å². The number of aliphatic carboxylic acids is 1. The zero-order valence-corrected chi connectivity index (χ0v) is 11.8. The molecule has 0 saturated heterocycles. The highest BCUT2D eigenvalue weighted by molar-refractivity contribution is 5.78. The van der Waals surface area contributed by atoms with E-state index in [0.29, 0.717) is 13.0 Å². The molecular formula is C14H18F3NO3. The molecule has 0 aliphatic heterocycles. The third-order valence-electron chi connectivity index (χ3n) is 2.95. The highest BCUT2D eigenvalue weighted by Gasteiger charge is 2.37. The summed E-state index contributed by atoms with van der Waals surface area (Å²) in [5.74, 6) is -1.56. The molecule has 0 heterocycles. The summed E-state index contributed by atoms with van der Waals surface area (Å²) in [6, 6.07) is 4.72. The molecule has 1 aromatic rings. The number of hydrogen-bond acceptors (Lipinski definition) is 3. The van der Waals surface area contributed by atoms with Crippen LogP contribution in [0, 0.1) is 0 Å². The van der Waals surface area contributed by atoms with Gasteiger partial charge >= 0.3 is 12.1 Å². The zero-order valence-electron chi connectivity index (χ0n) is 11.8. The van der Waals surface area contributed by atoms with Crippen molar-refractivity contribution in [3.8, 4) is 5.75 Å². The Labute approximate surface area is 120 Å². The Kier molecular flexibility index (Phi) is 5.60. The molecule has 0 aromatic heterocycles. The first-order valence-electron chi connectivity index (χ1n) is 6.48. The summed E-state index contributed by atoms with van der Waals surface area (Å²) >= 11 is 0. The Bertz CT molecular complexity index is 491. The second-order valence-corrected chi connectivity index (χ2v) is 4.85. The highest BCUT2D eigenvalue weighted by Crippen LogP contribution is 2.36. The maximum Gasteiger partial charge on any atom is 0.419 e. The molecular weight excluding hydrogens is 287 g/mol. The summed E-state index contributed by atoms with van der Waals surface area (Å²) in [5, 5.41) is 12.0. The van der Waals surface area contributed by atoms with Gasteiger partial charge in [0.1, 0.15) is 17.9 Å². The molecule has 0 bridgehead atoms. The number of para-hydroxylation sites is 1. The van der Waals surface area contributed by atoms with Gasteiger partial charge < -0.3 is 9.84 Å². The van der Waals surface area contributed by atoms with Crippen molar-refractivity contribution in [1.29, 1.82) is 0 Å². The van der Waals surface area contributed by atoms with Gasteiger partial charge in [0.15, 0.2) is 0 Å². The predicted molar refractivity (Wildman–Crippen MR) is 71.3 cm³/mol. The summed E-state index contributed by atoms with van der Waals surface area (Å²) in [4.78, 5) is 11.3. The van der Waals surface area contributed by atoms with Crippen molar-refractivity contribution in [3.63, 3.8) is 0 Å². The van der Waals surface area contributed by atoms with Crippen LogP contribution >= 0.6 is 0 Å². The minimum atomic E-state index is -4.55. The lowest BCUT2D eigenvalue weighted by Gasteiger charge is -2.27. The lowest BCUT2D eigenvalue weighted by molar-refractivity contribution is -0.145. The minimum absolute atomic E-state index is 0.379. The number of nitrogens with one attached hydrogen (secondary N) is 1. The maximum absolute atomic E-state index is 12.8. The van der Waals surface area contributed by atoms with Crippen molar-refractivity contribution in [2.24, 2.45) is 0 Å². The second-order valence-electron chi connectivity index (χ2n) is 4.85. The van der Waals surface area contributed by atoms with Crippen molar-refractivity contribution in [2.45, 2.75) is 32.0 Å². The number of halogens is 3. The first kappa shape index (κ1) is 17.3. The van der Waals surface area contributed by atoms with Crippen LogP contribution in [0.5, 0.6) is 5.75 Å². The number of carbonyl (C=O) groups is 1. The molecule has 0 amide bonds. The third kappa shape index (κ3) is 4.63. The van der Waals surface area contributed by atoms with E-state index in [1.807, 2.05) is 6.92 Å². The molecule has 2 N–H and O–H groups in total. The molecule has 21 heavy (non-hydrogen) atoms. The topological polar surface area (TPSA) is 58.6 Å². The molecule has 1 unspecified atom stereocenters. The average Bonchev–Trinajstić information content (AvgIpc) is 2.42. The lowest BCUT2D eigenvalue weighted by Crippen LogP contribution is -2.54. The normalized spacial score (nSPS) is 14.5. The first-order chi connectivity index (χ1) is 9.70. The molecule has 0 saturated carbocycles. The monoisotopic (exact) mass is 305 g/mol. The van der Waals surface area contributed by atoms with E-state index >= 15 is 0 Å². The van der Waals surface area contributed by atoms with Crippen LogP contribution in [-0.2, 0) is 11.0 Å². The summed E-state index contributed by atoms with van der Waals surface area (Å²) in [6.45, 7) is 3.25. The molecule has 0 spiro atoms. The van der Waals surface area contributed by atoms with Gasteiger partial charge in [-0.25, -0.2) is 0 Å². The predicted octanol–water partition coefficient (Wildman–Crippen LogP) is 2.93. The van der Waals surface area contributed by atoms with E-state index in [-0.39, 0.29) is 5.75 Å². The molecule has 118 valence electrons. The molecule has 7 heteroatoms. The Morgan fingerprint density at radius 3 is 2.48 bits per heavy atom. The summed E-state index contributed by atoms with van der Waals surface area (Å²) < 4.78 is 43.6. The van der Waals surface area contributed by atoms with Gasteiger partial charge in [-0.1, -0.05) is 19.1 Å². The SMILES string of the molecule is CCCNC(C)(COc1ccccc1C(F)(F)F)C(=O)O. The molecule has 0 aliphatic carbocycles. The van der Waals surface area contributed by atoms with Gasteiger partial charge in [0.05, 0.1) is 5.56 Å². The van der Waals surface area contributed by atoms with Gasteiger partial charge in [0.25, 0.3) is 0 Å². The molecule has 1 aromatic carbocycles. The second kappa shape index (κ2) is 6.80. The largest absolute Gasteiger partial charge is 0.490 e. The lowest BCUT2D eigenvalue weighted by atomic mass is 10.0. The fraction of sp³-hybridized carbons (Fsp3) is 0.500. The van der Waals surface area contributed by atoms with Crippen LogP contribution in [0.2, 0.25) is 0 Å². The molecule has 1 atom stereocenters. The Morgan fingerprint density at radius 1 is 1.33 bits per heavy atom. The number of carboxylic acid groups (broad SMARTS) is 1. The van der Waals surface area contributed by atoms with Crippen LogP contribution in [0.4, 0.5) is 13.2 Å². The summed E-state index contributed by atoms with van der Waals surface area (Å²) in [6.07, 6.45) is -3.85. The van der Waals surface area contributed by atoms with E-state index in [2.05, 4.69) is 5.32 Å². The minimum Gasteiger partial charge on any atom is -0.490 e. The summed E-state index contributed by atoms with van der Waals surface area (Å²) in [7, 11) is 0. The maximum atomic E-state index is 12.8. The number of hydrogen-bond donors (Lipinski definition) is 2. The van der Waals surface area contributed by atoms with Gasteiger partial charge in [0, 0.05) is 0 Å². The van der Waals surface area contributed by atoms with Gasteiger partial charge in [-0.2, -0.15) is 13.2 Å². The number of ether oxygens (including phenoxy) is 1. The first-order valence-corrected chi connectivity index (χ1v) is 6.48.